The molecule has 0 spiro atoms. The van der Waals surface area contributed by atoms with Crippen molar-refractivity contribution in [3.05, 3.63) is 83.8 Å². The highest BCUT2D eigenvalue weighted by Crippen LogP contribution is 2.02. The van der Waals surface area contributed by atoms with E-state index in [1.807, 2.05) is 80.5 Å². The number of carbonyl (C=O) groups excluding carboxylic acids is 1. The van der Waals surface area contributed by atoms with Crippen molar-refractivity contribution in [3.8, 4) is 0 Å². The molecule has 0 aliphatic rings. The number of allylic oxidation sites excluding steroid dienone is 7. The average Bonchev–Trinajstić information content (AvgIpc) is 2.91. The molecular formula is C35H64FNO. The summed E-state index contributed by atoms with van der Waals surface area (Å²) in [6.07, 6.45) is 14.5. The molecule has 1 unspecified atom stereocenters. The summed E-state index contributed by atoms with van der Waals surface area (Å²) in [6.45, 7) is 30.1. The summed E-state index contributed by atoms with van der Waals surface area (Å²) >= 11 is 0. The van der Waals surface area contributed by atoms with E-state index < -0.39 is 0 Å². The van der Waals surface area contributed by atoms with Crippen molar-refractivity contribution in [1.82, 2.24) is 0 Å². The van der Waals surface area contributed by atoms with Crippen LogP contribution in [0.5, 0.6) is 0 Å². The molecule has 0 aliphatic carbocycles. The Bertz CT molecular complexity index is 708. The van der Waals surface area contributed by atoms with Gasteiger partial charge in [0.15, 0.2) is 5.78 Å². The number of nitrogens with two attached hydrogens (primary N) is 1. The zero-order valence-electron chi connectivity index (χ0n) is 27.5. The van der Waals surface area contributed by atoms with Gasteiger partial charge < -0.3 is 5.73 Å². The second-order valence-corrected chi connectivity index (χ2v) is 8.56. The van der Waals surface area contributed by atoms with Crippen LogP contribution in [0.2, 0.25) is 0 Å². The van der Waals surface area contributed by atoms with Crippen molar-refractivity contribution in [1.29, 1.82) is 0 Å². The molecule has 2 nitrogen and oxygen atoms in total. The highest BCUT2D eigenvalue weighted by molar-refractivity contribution is 5.90. The summed E-state index contributed by atoms with van der Waals surface area (Å²) in [5, 5.41) is 0. The molecular weight excluding hydrogens is 469 g/mol. The van der Waals surface area contributed by atoms with E-state index in [4.69, 9.17) is 5.73 Å². The van der Waals surface area contributed by atoms with Gasteiger partial charge in [-0.1, -0.05) is 118 Å². The minimum absolute atomic E-state index is 0.160. The van der Waals surface area contributed by atoms with Gasteiger partial charge in [-0.05, 0) is 81.7 Å². The number of rotatable bonds is 9. The van der Waals surface area contributed by atoms with Gasteiger partial charge in [0.2, 0.25) is 0 Å². The number of hydrogen-bond acceptors (Lipinski definition) is 2. The van der Waals surface area contributed by atoms with E-state index in [0.29, 0.717) is 18.4 Å². The summed E-state index contributed by atoms with van der Waals surface area (Å²) in [6, 6.07) is 6.97. The van der Waals surface area contributed by atoms with Gasteiger partial charge in [0.25, 0.3) is 0 Å². The van der Waals surface area contributed by atoms with Crippen LogP contribution >= 0.6 is 0 Å². The fourth-order valence-electron chi connectivity index (χ4n) is 2.49. The molecule has 1 atom stereocenters. The van der Waals surface area contributed by atoms with Crippen molar-refractivity contribution in [2.24, 2.45) is 11.7 Å². The third kappa shape index (κ3) is 38.3. The van der Waals surface area contributed by atoms with Gasteiger partial charge in [-0.15, -0.1) is 0 Å². The second-order valence-electron chi connectivity index (χ2n) is 8.56. The Morgan fingerprint density at radius 1 is 1.00 bits per heavy atom. The van der Waals surface area contributed by atoms with Crippen molar-refractivity contribution < 1.29 is 9.18 Å². The van der Waals surface area contributed by atoms with E-state index in [9.17, 15) is 9.18 Å². The summed E-state index contributed by atoms with van der Waals surface area (Å²) < 4.78 is 12.2. The van der Waals surface area contributed by atoms with Gasteiger partial charge in [0, 0.05) is 12.5 Å². The monoisotopic (exact) mass is 533 g/mol. The van der Waals surface area contributed by atoms with Gasteiger partial charge in [0.05, 0.1) is 0 Å². The smallest absolute Gasteiger partial charge is 0.155 e. The zero-order chi connectivity index (χ0) is 30.9. The minimum Gasteiger partial charge on any atom is -0.327 e. The normalized spacial score (nSPS) is 10.4. The van der Waals surface area contributed by atoms with E-state index in [1.54, 1.807) is 18.2 Å². The predicted octanol–water partition coefficient (Wildman–Crippen LogP) is 11.2. The first-order chi connectivity index (χ1) is 18.0. The molecule has 0 radical (unpaired) electrons. The Labute approximate surface area is 238 Å². The van der Waals surface area contributed by atoms with Crippen LogP contribution in [0.15, 0.2) is 72.4 Å². The number of halogens is 1. The quantitative estimate of drug-likeness (QED) is 0.253. The van der Waals surface area contributed by atoms with E-state index in [-0.39, 0.29) is 11.6 Å². The lowest BCUT2D eigenvalue weighted by atomic mass is 10.0. The highest BCUT2D eigenvalue weighted by Gasteiger charge is 2.01. The van der Waals surface area contributed by atoms with Crippen molar-refractivity contribution in [3.63, 3.8) is 0 Å². The number of carbonyl (C=O) groups is 1. The predicted molar refractivity (Wildman–Crippen MR) is 174 cm³/mol. The van der Waals surface area contributed by atoms with Crippen LogP contribution in [0.25, 0.3) is 0 Å². The minimum atomic E-state index is -0.160. The third-order valence-corrected chi connectivity index (χ3v) is 4.72. The van der Waals surface area contributed by atoms with Crippen LogP contribution in [0.1, 0.15) is 121 Å². The molecule has 38 heavy (non-hydrogen) atoms. The summed E-state index contributed by atoms with van der Waals surface area (Å²) in [4.78, 5) is 10.8. The molecule has 0 heterocycles. The molecule has 0 fully saturated rings. The Kier molecular flexibility index (Phi) is 44.3. The van der Waals surface area contributed by atoms with Crippen LogP contribution in [0.3, 0.4) is 0 Å². The fraction of sp³-hybridized carbons (Fsp3) is 0.571. The maximum Gasteiger partial charge on any atom is 0.155 e. The van der Waals surface area contributed by atoms with E-state index >= 15 is 0 Å². The van der Waals surface area contributed by atoms with Crippen LogP contribution in [0.4, 0.5) is 4.39 Å². The van der Waals surface area contributed by atoms with Crippen LogP contribution in [0, 0.1) is 11.7 Å². The largest absolute Gasteiger partial charge is 0.327 e. The van der Waals surface area contributed by atoms with Gasteiger partial charge >= 0.3 is 0 Å². The summed E-state index contributed by atoms with van der Waals surface area (Å²) in [5.74, 6) is 0.731. The molecule has 3 heteroatoms. The highest BCUT2D eigenvalue weighted by atomic mass is 19.1. The van der Waals surface area contributed by atoms with Crippen LogP contribution < -0.4 is 5.73 Å². The van der Waals surface area contributed by atoms with Crippen LogP contribution in [-0.4, -0.2) is 11.8 Å². The first kappa shape index (κ1) is 45.6. The van der Waals surface area contributed by atoms with Gasteiger partial charge in [-0.3, -0.25) is 4.79 Å². The lowest BCUT2D eigenvalue weighted by Gasteiger charge is -2.10. The van der Waals surface area contributed by atoms with E-state index in [0.717, 1.165) is 31.3 Å². The van der Waals surface area contributed by atoms with Crippen molar-refractivity contribution in [2.45, 2.75) is 128 Å². The van der Waals surface area contributed by atoms with Gasteiger partial charge in [0.1, 0.15) is 5.82 Å². The third-order valence-electron chi connectivity index (χ3n) is 4.72. The molecule has 2 N–H and O–H groups in total. The Hall–Kier alpha value is -2.26. The Morgan fingerprint density at radius 3 is 1.76 bits per heavy atom. The van der Waals surface area contributed by atoms with E-state index in [2.05, 4.69) is 40.3 Å². The summed E-state index contributed by atoms with van der Waals surface area (Å²) in [5.41, 5.74) is 9.21. The average molecular weight is 534 g/mol. The molecule has 0 saturated heterocycles. The molecule has 0 aliphatic heterocycles. The number of aryl methyl sites for hydroxylation is 1. The fourth-order valence-corrected chi connectivity index (χ4v) is 2.49. The van der Waals surface area contributed by atoms with E-state index in [1.165, 1.54) is 23.3 Å². The standard InChI is InChI=1S/C9H14.C8H9F.C8H14O.C6H15N.2C2H6/c1-4-7-9(6-3)8-5-2;1-2-7-3-5-8(9)6-4-7;1-4-5-8(9)6-7(2)3;1-4-6(7)5(2)3;2*1-2/h4-5,7-8H,1,6H2,2-3H3;3-6H,2H2,1H3;6H,4-5H2,1-3H3;5-6H,4,7H2,1-3H3;2*1-2H3/b8-5-,9-7-;;;;;. The molecule has 0 aromatic heterocycles. The maximum atomic E-state index is 12.2. The van der Waals surface area contributed by atoms with Gasteiger partial charge in [-0.2, -0.15) is 0 Å². The second kappa shape index (κ2) is 36.9. The zero-order valence-corrected chi connectivity index (χ0v) is 27.5. The van der Waals surface area contributed by atoms with Crippen molar-refractivity contribution >= 4 is 5.78 Å². The Balaban J connectivity index is -0.000000122. The SMILES string of the molecule is C=C/C=C(\C=C/C)CC.CC.CC.CCC(N)C(C)C.CCCC(=O)C=C(C)C.CCc1ccc(F)cc1. The number of benzene rings is 1. The molecule has 1 aromatic rings. The van der Waals surface area contributed by atoms with Gasteiger partial charge in [-0.25, -0.2) is 4.39 Å². The lowest BCUT2D eigenvalue weighted by Crippen LogP contribution is -2.24. The molecule has 1 rings (SSSR count). The first-order valence-corrected chi connectivity index (χ1v) is 14.6. The summed E-state index contributed by atoms with van der Waals surface area (Å²) in [7, 11) is 0. The molecule has 1 aromatic carbocycles. The molecule has 222 valence electrons. The topological polar surface area (TPSA) is 43.1 Å². The van der Waals surface area contributed by atoms with Crippen LogP contribution in [-0.2, 0) is 11.2 Å². The maximum absolute atomic E-state index is 12.2. The lowest BCUT2D eigenvalue weighted by molar-refractivity contribution is -0.114. The molecule has 0 amide bonds. The molecule has 0 bridgehead atoms. The van der Waals surface area contributed by atoms with Crippen molar-refractivity contribution in [2.75, 3.05) is 0 Å². The number of ketones is 1. The molecule has 0 saturated carbocycles. The Morgan fingerprint density at radius 2 is 1.50 bits per heavy atom. The first-order valence-electron chi connectivity index (χ1n) is 14.6. The number of hydrogen-bond donors (Lipinski definition) is 1.